The number of rotatable bonds is 2. The van der Waals surface area contributed by atoms with Crippen LogP contribution in [-0.2, 0) is 4.79 Å². The van der Waals surface area contributed by atoms with Crippen LogP contribution in [0.3, 0.4) is 0 Å². The van der Waals surface area contributed by atoms with Gasteiger partial charge >= 0.3 is 0 Å². The van der Waals surface area contributed by atoms with E-state index >= 15 is 0 Å². The molecule has 0 spiro atoms. The van der Waals surface area contributed by atoms with Crippen molar-refractivity contribution in [2.24, 2.45) is 5.92 Å². The molecule has 0 aromatic heterocycles. The molecule has 0 amide bonds. The van der Waals surface area contributed by atoms with E-state index in [1.54, 1.807) is 0 Å². The fourth-order valence-corrected chi connectivity index (χ4v) is 2.91. The molecule has 2 unspecified atom stereocenters. The van der Waals surface area contributed by atoms with Crippen LogP contribution in [0.25, 0.3) is 0 Å². The van der Waals surface area contributed by atoms with Crippen LogP contribution in [0, 0.1) is 5.92 Å². The maximum absolute atomic E-state index is 11.0. The molecular formula is C11H14BrNO. The molecule has 1 saturated heterocycles. The van der Waals surface area contributed by atoms with E-state index in [4.69, 9.17) is 0 Å². The number of hydrogen-bond acceptors (Lipinski definition) is 2. The lowest BCUT2D eigenvalue weighted by Gasteiger charge is -2.38. The summed E-state index contributed by atoms with van der Waals surface area (Å²) in [6.45, 7) is 2.15. The molecule has 0 saturated carbocycles. The molecule has 0 aromatic carbocycles. The summed E-state index contributed by atoms with van der Waals surface area (Å²) < 4.78 is -0.264. The number of likely N-dealkylation sites (tertiary alicyclic amines) is 1. The van der Waals surface area contributed by atoms with Gasteiger partial charge in [-0.2, -0.15) is 0 Å². The van der Waals surface area contributed by atoms with Crippen molar-refractivity contribution in [2.45, 2.75) is 17.3 Å². The zero-order valence-corrected chi connectivity index (χ0v) is 9.61. The number of allylic oxidation sites excluding steroid dienone is 2. The van der Waals surface area contributed by atoms with Gasteiger partial charge in [0.2, 0.25) is 0 Å². The number of alkyl halides is 1. The van der Waals surface area contributed by atoms with Crippen molar-refractivity contribution in [3.8, 4) is 0 Å². The van der Waals surface area contributed by atoms with Gasteiger partial charge in [-0.3, -0.25) is 4.90 Å². The summed E-state index contributed by atoms with van der Waals surface area (Å²) in [7, 11) is 0. The van der Waals surface area contributed by atoms with Gasteiger partial charge in [-0.1, -0.05) is 40.2 Å². The molecule has 0 bridgehead atoms. The Kier molecular flexibility index (Phi) is 2.88. The quantitative estimate of drug-likeness (QED) is 0.428. The van der Waals surface area contributed by atoms with Crippen LogP contribution in [0.1, 0.15) is 12.8 Å². The minimum Gasteiger partial charge on any atom is -0.303 e. The Hall–Kier alpha value is -0.410. The van der Waals surface area contributed by atoms with E-state index in [0.717, 1.165) is 19.4 Å². The highest BCUT2D eigenvalue weighted by Crippen LogP contribution is 2.37. The molecule has 1 aliphatic heterocycles. The monoisotopic (exact) mass is 255 g/mol. The topological polar surface area (TPSA) is 20.3 Å². The smallest absolute Gasteiger partial charge is 0.129 e. The Bertz CT molecular complexity index is 281. The summed E-state index contributed by atoms with van der Waals surface area (Å²) in [6, 6.07) is 0. The largest absolute Gasteiger partial charge is 0.303 e. The van der Waals surface area contributed by atoms with E-state index in [1.807, 2.05) is 18.2 Å². The summed E-state index contributed by atoms with van der Waals surface area (Å²) in [6.07, 6.45) is 11.5. The fourth-order valence-electron chi connectivity index (χ4n) is 2.14. The molecule has 2 rings (SSSR count). The molecule has 76 valence electrons. The fraction of sp³-hybridized carbons (Fsp3) is 0.545. The summed E-state index contributed by atoms with van der Waals surface area (Å²) >= 11 is 3.71. The van der Waals surface area contributed by atoms with Crippen molar-refractivity contribution in [1.29, 1.82) is 0 Å². The second-order valence-electron chi connectivity index (χ2n) is 3.83. The molecule has 3 heteroatoms. The number of hydrogen-bond donors (Lipinski definition) is 0. The third-order valence-electron chi connectivity index (χ3n) is 2.96. The van der Waals surface area contributed by atoms with Gasteiger partial charge in [0, 0.05) is 0 Å². The molecule has 14 heavy (non-hydrogen) atoms. The minimum atomic E-state index is -0.264. The Morgan fingerprint density at radius 3 is 2.71 bits per heavy atom. The predicted molar refractivity (Wildman–Crippen MR) is 60.3 cm³/mol. The molecular weight excluding hydrogens is 242 g/mol. The van der Waals surface area contributed by atoms with Crippen molar-refractivity contribution >= 4 is 22.2 Å². The molecule has 1 fully saturated rings. The van der Waals surface area contributed by atoms with Gasteiger partial charge in [0.1, 0.15) is 10.7 Å². The summed E-state index contributed by atoms with van der Waals surface area (Å²) in [4.78, 5) is 13.3. The van der Waals surface area contributed by atoms with Crippen LogP contribution < -0.4 is 0 Å². The van der Waals surface area contributed by atoms with Crippen LogP contribution in [0.4, 0.5) is 0 Å². The molecule has 1 heterocycles. The van der Waals surface area contributed by atoms with Crippen LogP contribution >= 0.6 is 15.9 Å². The van der Waals surface area contributed by atoms with E-state index in [2.05, 4.69) is 26.9 Å². The number of carbonyl (C=O) groups is 1. The zero-order chi connectivity index (χ0) is 10.0. The molecule has 0 aromatic rings. The predicted octanol–water partition coefficient (Wildman–Crippen LogP) is 2.11. The van der Waals surface area contributed by atoms with Gasteiger partial charge < -0.3 is 4.79 Å². The van der Waals surface area contributed by atoms with E-state index in [9.17, 15) is 4.79 Å². The second kappa shape index (κ2) is 3.99. The molecule has 0 N–H and O–H groups in total. The van der Waals surface area contributed by atoms with Crippen molar-refractivity contribution in [2.75, 3.05) is 13.1 Å². The minimum absolute atomic E-state index is 0.0643. The zero-order valence-electron chi connectivity index (χ0n) is 8.03. The van der Waals surface area contributed by atoms with Gasteiger partial charge in [-0.05, 0) is 25.9 Å². The SMILES string of the molecule is O=CC1C=CC=CC1(Br)N1CCCC1. The number of halogens is 1. The van der Waals surface area contributed by atoms with Crippen molar-refractivity contribution in [1.82, 2.24) is 4.90 Å². The lowest BCUT2D eigenvalue weighted by atomic mass is 9.95. The lowest BCUT2D eigenvalue weighted by Crippen LogP contribution is -2.47. The first-order valence-electron chi connectivity index (χ1n) is 5.02. The van der Waals surface area contributed by atoms with Gasteiger partial charge in [-0.25, -0.2) is 0 Å². The Labute approximate surface area is 92.8 Å². The van der Waals surface area contributed by atoms with Gasteiger partial charge in [0.15, 0.2) is 0 Å². The van der Waals surface area contributed by atoms with Gasteiger partial charge in [0.25, 0.3) is 0 Å². The number of nitrogens with zero attached hydrogens (tertiary/aromatic N) is 1. The normalized spacial score (nSPS) is 37.6. The Morgan fingerprint density at radius 1 is 1.36 bits per heavy atom. The summed E-state index contributed by atoms with van der Waals surface area (Å²) in [5, 5.41) is 0. The first-order chi connectivity index (χ1) is 6.77. The van der Waals surface area contributed by atoms with E-state index in [1.165, 1.54) is 12.8 Å². The Balaban J connectivity index is 2.22. The average molecular weight is 256 g/mol. The standard InChI is InChI=1S/C11H14BrNO/c12-11(13-7-3-4-8-13)6-2-1-5-10(11)9-14/h1-2,5-6,9-10H,3-4,7-8H2. The average Bonchev–Trinajstić information content (AvgIpc) is 2.72. The highest BCUT2D eigenvalue weighted by Gasteiger charge is 2.40. The molecule has 2 nitrogen and oxygen atoms in total. The third kappa shape index (κ3) is 1.59. The van der Waals surface area contributed by atoms with Crippen molar-refractivity contribution in [3.63, 3.8) is 0 Å². The van der Waals surface area contributed by atoms with Crippen molar-refractivity contribution in [3.05, 3.63) is 24.3 Å². The Morgan fingerprint density at radius 2 is 2.07 bits per heavy atom. The van der Waals surface area contributed by atoms with E-state index in [-0.39, 0.29) is 10.4 Å². The number of carbonyl (C=O) groups excluding carboxylic acids is 1. The lowest BCUT2D eigenvalue weighted by molar-refractivity contribution is -0.111. The molecule has 0 radical (unpaired) electrons. The van der Waals surface area contributed by atoms with Crippen LogP contribution in [0.5, 0.6) is 0 Å². The molecule has 2 atom stereocenters. The van der Waals surface area contributed by atoms with E-state index < -0.39 is 0 Å². The second-order valence-corrected chi connectivity index (χ2v) is 5.10. The highest BCUT2D eigenvalue weighted by molar-refractivity contribution is 9.10. The maximum Gasteiger partial charge on any atom is 0.129 e. The van der Waals surface area contributed by atoms with Crippen LogP contribution in [-0.4, -0.2) is 28.7 Å². The van der Waals surface area contributed by atoms with Crippen molar-refractivity contribution < 1.29 is 4.79 Å². The number of aldehydes is 1. The van der Waals surface area contributed by atoms with Gasteiger partial charge in [-0.15, -0.1) is 0 Å². The molecule has 2 aliphatic rings. The maximum atomic E-state index is 11.0. The van der Waals surface area contributed by atoms with Gasteiger partial charge in [0.05, 0.1) is 5.92 Å². The molecule has 1 aliphatic carbocycles. The first kappa shape index (κ1) is 10.1. The first-order valence-corrected chi connectivity index (χ1v) is 5.82. The third-order valence-corrected chi connectivity index (χ3v) is 4.26. The summed E-state index contributed by atoms with van der Waals surface area (Å²) in [5.41, 5.74) is 0. The highest BCUT2D eigenvalue weighted by atomic mass is 79.9. The van der Waals surface area contributed by atoms with Crippen LogP contribution in [0.15, 0.2) is 24.3 Å². The van der Waals surface area contributed by atoms with E-state index in [0.29, 0.717) is 0 Å². The summed E-state index contributed by atoms with van der Waals surface area (Å²) in [5.74, 6) is -0.0643. The van der Waals surface area contributed by atoms with Crippen LogP contribution in [0.2, 0.25) is 0 Å².